The molecule has 0 bridgehead atoms. The molecule has 0 aromatic rings. The zero-order valence-electron chi connectivity index (χ0n) is 12.9. The molecule has 0 aromatic heterocycles. The zero-order chi connectivity index (χ0) is 17.1. The van der Waals surface area contributed by atoms with Gasteiger partial charge in [0, 0.05) is 5.57 Å². The van der Waals surface area contributed by atoms with Crippen LogP contribution in [0, 0.1) is 23.7 Å². The number of hydrogen-bond donors (Lipinski definition) is 0. The van der Waals surface area contributed by atoms with Gasteiger partial charge in [-0.05, 0) is 12.8 Å². The van der Waals surface area contributed by atoms with Crippen LogP contribution in [0.4, 0.5) is 0 Å². The Morgan fingerprint density at radius 3 is 2.39 bits per heavy atom. The third-order valence-electron chi connectivity index (χ3n) is 3.89. The van der Waals surface area contributed by atoms with Crippen molar-refractivity contribution in [3.63, 3.8) is 0 Å². The summed E-state index contributed by atoms with van der Waals surface area (Å²) in [7, 11) is 0. The summed E-state index contributed by atoms with van der Waals surface area (Å²) in [5, 5.41) is 0. The van der Waals surface area contributed by atoms with E-state index in [1.54, 1.807) is 19.1 Å². The Kier molecular flexibility index (Phi) is 4.98. The molecule has 2 aliphatic rings. The first-order valence-corrected chi connectivity index (χ1v) is 7.26. The third kappa shape index (κ3) is 3.49. The van der Waals surface area contributed by atoms with Gasteiger partial charge < -0.3 is 14.2 Å². The van der Waals surface area contributed by atoms with E-state index in [-0.39, 0.29) is 24.7 Å². The van der Waals surface area contributed by atoms with Gasteiger partial charge in [0.25, 0.3) is 0 Å². The summed E-state index contributed by atoms with van der Waals surface area (Å²) in [4.78, 5) is 46.8. The average molecular weight is 322 g/mol. The fraction of sp³-hybridized carbons (Fsp3) is 0.500. The van der Waals surface area contributed by atoms with Gasteiger partial charge in [-0.2, -0.15) is 0 Å². The summed E-state index contributed by atoms with van der Waals surface area (Å²) < 4.78 is 14.5. The molecule has 0 radical (unpaired) electrons. The van der Waals surface area contributed by atoms with Gasteiger partial charge in [-0.3, -0.25) is 14.4 Å². The van der Waals surface area contributed by atoms with E-state index in [4.69, 9.17) is 9.47 Å². The first kappa shape index (κ1) is 16.9. The van der Waals surface area contributed by atoms with Crippen LogP contribution in [0.1, 0.15) is 13.8 Å². The van der Waals surface area contributed by atoms with Crippen molar-refractivity contribution in [1.82, 2.24) is 0 Å². The van der Waals surface area contributed by atoms with Gasteiger partial charge in [0.15, 0.2) is 0 Å². The molecule has 1 aliphatic carbocycles. The van der Waals surface area contributed by atoms with Crippen molar-refractivity contribution in [3.8, 4) is 0 Å². The van der Waals surface area contributed by atoms with Crippen LogP contribution in [0.25, 0.3) is 0 Å². The van der Waals surface area contributed by atoms with E-state index in [0.717, 1.165) is 0 Å². The van der Waals surface area contributed by atoms with Crippen molar-refractivity contribution >= 4 is 23.9 Å². The van der Waals surface area contributed by atoms with Gasteiger partial charge in [-0.15, -0.1) is 0 Å². The van der Waals surface area contributed by atoms with Crippen LogP contribution in [0.15, 0.2) is 24.3 Å². The predicted octanol–water partition coefficient (Wildman–Crippen LogP) is 0.787. The average Bonchev–Trinajstić information content (AvgIpc) is 2.79. The molecule has 7 nitrogen and oxygen atoms in total. The molecule has 1 heterocycles. The number of carbonyl (C=O) groups is 4. The maximum Gasteiger partial charge on any atom is 0.333 e. The lowest BCUT2D eigenvalue weighted by Gasteiger charge is -2.27. The highest BCUT2D eigenvalue weighted by Gasteiger charge is 2.53. The summed E-state index contributed by atoms with van der Waals surface area (Å²) in [6, 6.07) is 0. The maximum absolute atomic E-state index is 12.1. The molecule has 2 rings (SSSR count). The maximum atomic E-state index is 12.1. The number of esters is 4. The van der Waals surface area contributed by atoms with E-state index in [0.29, 0.717) is 0 Å². The Morgan fingerprint density at radius 1 is 1.13 bits per heavy atom. The van der Waals surface area contributed by atoms with E-state index in [9.17, 15) is 19.2 Å². The van der Waals surface area contributed by atoms with E-state index < -0.39 is 41.6 Å². The molecule has 0 spiro atoms. The van der Waals surface area contributed by atoms with Gasteiger partial charge >= 0.3 is 23.9 Å². The van der Waals surface area contributed by atoms with Crippen LogP contribution in [-0.2, 0) is 33.4 Å². The Morgan fingerprint density at radius 2 is 1.74 bits per heavy atom. The van der Waals surface area contributed by atoms with Crippen LogP contribution in [0.2, 0.25) is 0 Å². The van der Waals surface area contributed by atoms with Gasteiger partial charge in [-0.25, -0.2) is 4.79 Å². The van der Waals surface area contributed by atoms with Crippen molar-refractivity contribution in [2.45, 2.75) is 13.8 Å². The molecule has 0 aromatic carbocycles. The highest BCUT2D eigenvalue weighted by molar-refractivity contribution is 5.99. The summed E-state index contributed by atoms with van der Waals surface area (Å²) in [5.41, 5.74) is 0.246. The minimum Gasteiger partial charge on any atom is -0.462 e. The lowest BCUT2D eigenvalue weighted by Crippen LogP contribution is -2.37. The number of hydrogen-bond acceptors (Lipinski definition) is 7. The third-order valence-corrected chi connectivity index (χ3v) is 3.89. The van der Waals surface area contributed by atoms with E-state index >= 15 is 0 Å². The first-order chi connectivity index (χ1) is 10.8. The number of fused-ring (bicyclic) bond motifs is 1. The summed E-state index contributed by atoms with van der Waals surface area (Å²) in [6.45, 7) is 6.47. The molecule has 23 heavy (non-hydrogen) atoms. The largest absolute Gasteiger partial charge is 0.462 e. The zero-order valence-corrected chi connectivity index (χ0v) is 12.9. The van der Waals surface area contributed by atoms with Crippen molar-refractivity contribution in [2.75, 3.05) is 13.2 Å². The molecule has 7 heteroatoms. The fourth-order valence-electron chi connectivity index (χ4n) is 2.70. The molecule has 1 aliphatic heterocycles. The van der Waals surface area contributed by atoms with Gasteiger partial charge in [-0.1, -0.05) is 25.7 Å². The van der Waals surface area contributed by atoms with Crippen LogP contribution < -0.4 is 0 Å². The van der Waals surface area contributed by atoms with E-state index in [1.807, 2.05) is 0 Å². The van der Waals surface area contributed by atoms with E-state index in [2.05, 4.69) is 11.3 Å². The smallest absolute Gasteiger partial charge is 0.333 e. The minimum atomic E-state index is -0.869. The lowest BCUT2D eigenvalue weighted by atomic mass is 9.72. The second-order valence-corrected chi connectivity index (χ2v) is 5.65. The normalized spacial score (nSPS) is 28.8. The topological polar surface area (TPSA) is 96.0 Å². The number of cyclic esters (lactones) is 2. The Balaban J connectivity index is 1.93. The molecule has 4 atom stereocenters. The van der Waals surface area contributed by atoms with Gasteiger partial charge in [0.1, 0.15) is 13.2 Å². The summed E-state index contributed by atoms with van der Waals surface area (Å²) >= 11 is 0. The van der Waals surface area contributed by atoms with E-state index in [1.165, 1.54) is 6.92 Å². The highest BCUT2D eigenvalue weighted by Crippen LogP contribution is 2.40. The number of ether oxygens (including phenoxy) is 3. The Hall–Kier alpha value is -2.44. The van der Waals surface area contributed by atoms with Crippen LogP contribution in [-0.4, -0.2) is 37.1 Å². The van der Waals surface area contributed by atoms with Crippen LogP contribution in [0.5, 0.6) is 0 Å². The number of allylic oxidation sites excluding steroid dienone is 1. The molecular formula is C16H18O7. The molecular weight excluding hydrogens is 304 g/mol. The SMILES string of the molecule is C=C(C)C(=O)OCCOC(=O)C1C=CC(C)C2C(=O)OC(=O)C12. The van der Waals surface area contributed by atoms with Crippen LogP contribution >= 0.6 is 0 Å². The van der Waals surface area contributed by atoms with Crippen molar-refractivity contribution in [1.29, 1.82) is 0 Å². The Labute approximate surface area is 133 Å². The summed E-state index contributed by atoms with van der Waals surface area (Å²) in [6.07, 6.45) is 3.27. The van der Waals surface area contributed by atoms with Crippen molar-refractivity contribution in [3.05, 3.63) is 24.3 Å². The predicted molar refractivity (Wildman–Crippen MR) is 76.6 cm³/mol. The van der Waals surface area contributed by atoms with Crippen LogP contribution in [0.3, 0.4) is 0 Å². The lowest BCUT2D eigenvalue weighted by molar-refractivity contribution is -0.158. The fourth-order valence-corrected chi connectivity index (χ4v) is 2.70. The quantitative estimate of drug-likeness (QED) is 0.184. The van der Waals surface area contributed by atoms with Gasteiger partial charge in [0.2, 0.25) is 0 Å². The Bertz CT molecular complexity index is 589. The van der Waals surface area contributed by atoms with Crippen molar-refractivity contribution < 1.29 is 33.4 Å². The molecule has 0 saturated carbocycles. The van der Waals surface area contributed by atoms with Gasteiger partial charge in [0.05, 0.1) is 17.8 Å². The standard InChI is InChI=1S/C16H18O7/c1-8(2)13(17)21-6-7-22-14(18)10-5-4-9(3)11-12(10)16(20)23-15(11)19/h4-5,9-12H,1,6-7H2,2-3H3. The molecule has 124 valence electrons. The second kappa shape index (κ2) is 6.76. The molecule has 0 amide bonds. The molecule has 4 unspecified atom stereocenters. The second-order valence-electron chi connectivity index (χ2n) is 5.65. The monoisotopic (exact) mass is 322 g/mol. The minimum absolute atomic E-state index is 0.109. The summed E-state index contributed by atoms with van der Waals surface area (Å²) in [5.74, 6) is -5.10. The molecule has 0 N–H and O–H groups in total. The molecule has 1 saturated heterocycles. The van der Waals surface area contributed by atoms with Crippen molar-refractivity contribution in [2.24, 2.45) is 23.7 Å². The number of carbonyl (C=O) groups excluding carboxylic acids is 4. The number of rotatable bonds is 5. The first-order valence-electron chi connectivity index (χ1n) is 7.26. The molecule has 1 fully saturated rings. The highest BCUT2D eigenvalue weighted by atomic mass is 16.6.